The van der Waals surface area contributed by atoms with Gasteiger partial charge in [-0.15, -0.1) is 0 Å². The van der Waals surface area contributed by atoms with Crippen molar-refractivity contribution in [1.29, 1.82) is 0 Å². The van der Waals surface area contributed by atoms with Crippen molar-refractivity contribution in [3.8, 4) is 11.1 Å². The van der Waals surface area contributed by atoms with Crippen LogP contribution in [-0.2, 0) is 31.0 Å². The van der Waals surface area contributed by atoms with Gasteiger partial charge in [0.25, 0.3) is 5.56 Å². The highest BCUT2D eigenvalue weighted by Gasteiger charge is 2.24. The first kappa shape index (κ1) is 20.5. The molecule has 1 aromatic heterocycles. The van der Waals surface area contributed by atoms with Gasteiger partial charge in [0.05, 0.1) is 5.69 Å². The second-order valence-electron chi connectivity index (χ2n) is 8.24. The zero-order valence-corrected chi connectivity index (χ0v) is 19.0. The van der Waals surface area contributed by atoms with E-state index in [4.69, 9.17) is 0 Å². The van der Waals surface area contributed by atoms with Crippen LogP contribution in [0, 0.1) is 0 Å². The van der Waals surface area contributed by atoms with E-state index < -0.39 is 11.0 Å². The van der Waals surface area contributed by atoms with Crippen molar-refractivity contribution in [3.63, 3.8) is 0 Å². The Morgan fingerprint density at radius 1 is 1.00 bits per heavy atom. The largest absolute Gasteiger partial charge is 0.367 e. The van der Waals surface area contributed by atoms with Crippen LogP contribution in [0.5, 0.6) is 0 Å². The Morgan fingerprint density at radius 3 is 2.47 bits per heavy atom. The fraction of sp³-hybridized carbons (Fsp3) is 0.192. The Hall–Kier alpha value is -3.38. The molecule has 162 valence electrons. The number of hydrogen-bond donors (Lipinski definition) is 1. The summed E-state index contributed by atoms with van der Waals surface area (Å²) in [6.45, 7) is 1.73. The fourth-order valence-corrected chi connectivity index (χ4v) is 5.08. The molecule has 0 saturated heterocycles. The minimum atomic E-state index is -1.18. The number of anilines is 2. The van der Waals surface area contributed by atoms with Crippen molar-refractivity contribution in [3.05, 3.63) is 94.4 Å². The third-order valence-electron chi connectivity index (χ3n) is 6.07. The fourth-order valence-electron chi connectivity index (χ4n) is 4.58. The molecule has 0 radical (unpaired) electrons. The van der Waals surface area contributed by atoms with E-state index in [1.54, 1.807) is 17.9 Å². The molecule has 0 aliphatic carbocycles. The van der Waals surface area contributed by atoms with E-state index >= 15 is 0 Å². The average Bonchev–Trinajstić information content (AvgIpc) is 3.19. The molecule has 6 heteroatoms. The predicted molar refractivity (Wildman–Crippen MR) is 134 cm³/mol. The van der Waals surface area contributed by atoms with Crippen LogP contribution in [0.2, 0.25) is 0 Å². The molecule has 5 rings (SSSR count). The first-order chi connectivity index (χ1) is 15.5. The van der Waals surface area contributed by atoms with E-state index in [0.717, 1.165) is 47.4 Å². The van der Waals surface area contributed by atoms with Crippen LogP contribution in [0.15, 0.2) is 77.7 Å². The maximum atomic E-state index is 12.7. The van der Waals surface area contributed by atoms with Crippen LogP contribution >= 0.6 is 0 Å². The van der Waals surface area contributed by atoms with E-state index in [1.165, 1.54) is 11.1 Å². The molecule has 0 saturated carbocycles. The maximum Gasteiger partial charge on any atom is 0.258 e. The number of pyridine rings is 1. The monoisotopic (exact) mass is 443 g/mol. The molecule has 1 unspecified atom stereocenters. The Kier molecular flexibility index (Phi) is 5.31. The average molecular weight is 444 g/mol. The summed E-state index contributed by atoms with van der Waals surface area (Å²) in [6.07, 6.45) is 4.45. The lowest BCUT2D eigenvalue weighted by Crippen LogP contribution is -2.19. The van der Waals surface area contributed by atoms with Crippen molar-refractivity contribution in [2.24, 2.45) is 7.05 Å². The third-order valence-corrected chi connectivity index (χ3v) is 6.58. The van der Waals surface area contributed by atoms with E-state index in [9.17, 15) is 9.00 Å². The van der Waals surface area contributed by atoms with Crippen molar-refractivity contribution < 1.29 is 4.21 Å². The number of benzene rings is 3. The lowest BCUT2D eigenvalue weighted by molar-refractivity contribution is 0.690. The normalized spacial score (nSPS) is 13.9. The number of rotatable bonds is 5. The van der Waals surface area contributed by atoms with Gasteiger partial charge in [-0.05, 0) is 41.1 Å². The zero-order chi connectivity index (χ0) is 22.2. The number of aromatic nitrogens is 1. The minimum absolute atomic E-state index is 0.00998. The molecule has 0 amide bonds. The quantitative estimate of drug-likeness (QED) is 0.495. The van der Waals surface area contributed by atoms with Crippen LogP contribution in [0.4, 0.5) is 11.4 Å². The van der Waals surface area contributed by atoms with Crippen molar-refractivity contribution in [2.45, 2.75) is 13.0 Å². The third kappa shape index (κ3) is 3.71. The van der Waals surface area contributed by atoms with E-state index in [2.05, 4.69) is 46.0 Å². The lowest BCUT2D eigenvalue weighted by Gasteiger charge is -2.22. The molecular weight excluding hydrogens is 418 g/mol. The summed E-state index contributed by atoms with van der Waals surface area (Å²) in [4.78, 5) is 15.0. The molecule has 1 atom stereocenters. The van der Waals surface area contributed by atoms with E-state index in [0.29, 0.717) is 5.39 Å². The van der Waals surface area contributed by atoms with Crippen molar-refractivity contribution in [1.82, 2.24) is 4.57 Å². The second kappa shape index (κ2) is 8.28. The number of aryl methyl sites for hydroxylation is 1. The van der Waals surface area contributed by atoms with Gasteiger partial charge in [0.2, 0.25) is 0 Å². The van der Waals surface area contributed by atoms with Gasteiger partial charge in [-0.25, -0.2) is 4.21 Å². The minimum Gasteiger partial charge on any atom is -0.367 e. The molecule has 1 aliphatic heterocycles. The first-order valence-corrected chi connectivity index (χ1v) is 12.2. The Labute approximate surface area is 189 Å². The van der Waals surface area contributed by atoms with Gasteiger partial charge in [-0.1, -0.05) is 48.5 Å². The Balaban J connectivity index is 1.69. The van der Waals surface area contributed by atoms with Crippen LogP contribution in [0.3, 0.4) is 0 Å². The van der Waals surface area contributed by atoms with Gasteiger partial charge in [0.15, 0.2) is 0 Å². The summed E-state index contributed by atoms with van der Waals surface area (Å²) in [6, 6.07) is 22.4. The SMILES string of the molecule is Cn1cc(-c2cc(NS(C)=O)c3c(c2)N(Cc2ccccc2)CC3)c2ccccc2c1=O. The molecule has 0 bridgehead atoms. The van der Waals surface area contributed by atoms with Crippen LogP contribution in [0.25, 0.3) is 21.9 Å². The first-order valence-electron chi connectivity index (χ1n) is 10.7. The van der Waals surface area contributed by atoms with Crippen LogP contribution in [-0.4, -0.2) is 21.6 Å². The summed E-state index contributed by atoms with van der Waals surface area (Å²) >= 11 is 0. The van der Waals surface area contributed by atoms with E-state index in [-0.39, 0.29) is 5.56 Å². The highest BCUT2D eigenvalue weighted by atomic mass is 32.2. The van der Waals surface area contributed by atoms with Gasteiger partial charge in [0.1, 0.15) is 11.0 Å². The summed E-state index contributed by atoms with van der Waals surface area (Å²) < 4.78 is 16.9. The zero-order valence-electron chi connectivity index (χ0n) is 18.2. The topological polar surface area (TPSA) is 54.3 Å². The summed E-state index contributed by atoms with van der Waals surface area (Å²) in [5, 5.41) is 1.62. The molecular formula is C26H25N3O2S. The smallest absolute Gasteiger partial charge is 0.258 e. The molecule has 3 aromatic carbocycles. The van der Waals surface area contributed by atoms with Gasteiger partial charge in [0, 0.05) is 54.8 Å². The summed E-state index contributed by atoms with van der Waals surface area (Å²) in [7, 11) is 0.604. The Bertz CT molecular complexity index is 1400. The molecule has 1 N–H and O–H groups in total. The standard InChI is InChI=1S/C26H25N3O2S/c1-28-17-23(20-10-6-7-11-21(20)26(28)30)19-14-24(27-32(2)31)22-12-13-29(25(22)15-19)16-18-8-4-3-5-9-18/h3-11,14-15,17,27H,12-13,16H2,1-2H3. The number of nitrogens with zero attached hydrogens (tertiary/aromatic N) is 2. The highest BCUT2D eigenvalue weighted by Crippen LogP contribution is 2.40. The van der Waals surface area contributed by atoms with E-state index in [1.807, 2.05) is 36.5 Å². The summed E-state index contributed by atoms with van der Waals surface area (Å²) in [5.41, 5.74) is 6.47. The van der Waals surface area contributed by atoms with Crippen molar-refractivity contribution in [2.75, 3.05) is 22.4 Å². The number of nitrogens with one attached hydrogen (secondary N) is 1. The van der Waals surface area contributed by atoms with Crippen LogP contribution < -0.4 is 15.2 Å². The predicted octanol–water partition coefficient (Wildman–Crippen LogP) is 4.47. The second-order valence-corrected chi connectivity index (χ2v) is 9.35. The molecule has 5 nitrogen and oxygen atoms in total. The number of hydrogen-bond acceptors (Lipinski definition) is 3. The van der Waals surface area contributed by atoms with Crippen molar-refractivity contribution >= 4 is 33.1 Å². The van der Waals surface area contributed by atoms with Gasteiger partial charge in [-0.3, -0.25) is 4.79 Å². The molecule has 1 aliphatic rings. The number of fused-ring (bicyclic) bond motifs is 2. The molecule has 4 aromatic rings. The molecule has 0 spiro atoms. The Morgan fingerprint density at radius 2 is 1.72 bits per heavy atom. The maximum absolute atomic E-state index is 12.7. The lowest BCUT2D eigenvalue weighted by atomic mass is 9.97. The molecule has 32 heavy (non-hydrogen) atoms. The van der Waals surface area contributed by atoms with Gasteiger partial charge in [-0.2, -0.15) is 0 Å². The van der Waals surface area contributed by atoms with Gasteiger partial charge < -0.3 is 14.2 Å². The molecule has 2 heterocycles. The highest BCUT2D eigenvalue weighted by molar-refractivity contribution is 7.85. The molecule has 0 fully saturated rings. The van der Waals surface area contributed by atoms with Gasteiger partial charge >= 0.3 is 0 Å². The van der Waals surface area contributed by atoms with Crippen LogP contribution in [0.1, 0.15) is 11.1 Å². The summed E-state index contributed by atoms with van der Waals surface area (Å²) in [5.74, 6) is 0.